The zero-order chi connectivity index (χ0) is 9.90. The number of nitrogens with zero attached hydrogens (tertiary/aromatic N) is 1. The highest BCUT2D eigenvalue weighted by Gasteiger charge is 2.29. The molecule has 0 aliphatic carbocycles. The molecule has 0 aromatic rings. The van der Waals surface area contributed by atoms with Gasteiger partial charge in [-0.1, -0.05) is 0 Å². The van der Waals surface area contributed by atoms with Crippen molar-refractivity contribution in [3.8, 4) is 0 Å². The number of methoxy groups -OCH3 is 1. The molecular weight excluding hydrogens is 166 g/mol. The fraction of sp³-hybridized carbons (Fsp3) is 0.900. The standard InChI is InChI=1S/C10H19NO2/c1-10(2,8-13-3)11-6-4-9(12)5-7-11/h4-8H2,1-3H3. The highest BCUT2D eigenvalue weighted by Crippen LogP contribution is 2.19. The normalized spacial score (nSPS) is 20.7. The number of ketones is 1. The Balaban J connectivity index is 2.47. The van der Waals surface area contributed by atoms with E-state index in [1.165, 1.54) is 0 Å². The number of piperidine rings is 1. The molecule has 3 heteroatoms. The summed E-state index contributed by atoms with van der Waals surface area (Å²) in [6.45, 7) is 6.81. The number of rotatable bonds is 3. The molecule has 0 amide bonds. The van der Waals surface area contributed by atoms with E-state index in [0.717, 1.165) is 19.7 Å². The molecule has 3 nitrogen and oxygen atoms in total. The smallest absolute Gasteiger partial charge is 0.135 e. The first-order chi connectivity index (χ1) is 6.06. The third-order valence-electron chi connectivity index (χ3n) is 2.67. The minimum Gasteiger partial charge on any atom is -0.383 e. The lowest BCUT2D eigenvalue weighted by Gasteiger charge is -2.40. The van der Waals surface area contributed by atoms with Crippen LogP contribution in [0.4, 0.5) is 0 Å². The number of hydrogen-bond donors (Lipinski definition) is 0. The van der Waals surface area contributed by atoms with Gasteiger partial charge >= 0.3 is 0 Å². The Morgan fingerprint density at radius 2 is 1.92 bits per heavy atom. The van der Waals surface area contributed by atoms with Gasteiger partial charge in [0.2, 0.25) is 0 Å². The van der Waals surface area contributed by atoms with E-state index in [4.69, 9.17) is 4.74 Å². The van der Waals surface area contributed by atoms with Crippen LogP contribution in [0.2, 0.25) is 0 Å². The summed E-state index contributed by atoms with van der Waals surface area (Å²) in [5.41, 5.74) is 0.0649. The summed E-state index contributed by atoms with van der Waals surface area (Å²) in [7, 11) is 1.72. The van der Waals surface area contributed by atoms with Gasteiger partial charge in [-0.05, 0) is 13.8 Å². The van der Waals surface area contributed by atoms with Crippen molar-refractivity contribution < 1.29 is 9.53 Å². The number of hydrogen-bond acceptors (Lipinski definition) is 3. The lowest BCUT2D eigenvalue weighted by atomic mass is 9.99. The Labute approximate surface area is 80.1 Å². The fourth-order valence-electron chi connectivity index (χ4n) is 1.81. The molecule has 0 spiro atoms. The lowest BCUT2D eigenvalue weighted by molar-refractivity contribution is -0.123. The van der Waals surface area contributed by atoms with E-state index < -0.39 is 0 Å². The fourth-order valence-corrected chi connectivity index (χ4v) is 1.81. The average molecular weight is 185 g/mol. The van der Waals surface area contributed by atoms with Crippen molar-refractivity contribution in [2.75, 3.05) is 26.8 Å². The molecule has 0 bridgehead atoms. The molecule has 1 fully saturated rings. The summed E-state index contributed by atoms with van der Waals surface area (Å²) < 4.78 is 5.16. The molecule has 0 N–H and O–H groups in total. The number of Topliss-reactive ketones (excluding diaryl/α,β-unsaturated/α-hetero) is 1. The highest BCUT2D eigenvalue weighted by atomic mass is 16.5. The van der Waals surface area contributed by atoms with Crippen LogP contribution in [0.1, 0.15) is 26.7 Å². The first-order valence-electron chi connectivity index (χ1n) is 4.82. The van der Waals surface area contributed by atoms with Crippen LogP contribution >= 0.6 is 0 Å². The molecular formula is C10H19NO2. The molecule has 1 aliphatic rings. The molecule has 0 unspecified atom stereocenters. The topological polar surface area (TPSA) is 29.5 Å². The maximum Gasteiger partial charge on any atom is 0.135 e. The van der Waals surface area contributed by atoms with Crippen molar-refractivity contribution in [1.29, 1.82) is 0 Å². The molecule has 0 atom stereocenters. The van der Waals surface area contributed by atoms with Crippen molar-refractivity contribution >= 4 is 5.78 Å². The van der Waals surface area contributed by atoms with Crippen LogP contribution in [-0.2, 0) is 9.53 Å². The van der Waals surface area contributed by atoms with Crippen LogP contribution in [0.25, 0.3) is 0 Å². The van der Waals surface area contributed by atoms with Crippen molar-refractivity contribution in [1.82, 2.24) is 4.90 Å². The third kappa shape index (κ3) is 2.78. The van der Waals surface area contributed by atoms with Crippen LogP contribution in [0, 0.1) is 0 Å². The highest BCUT2D eigenvalue weighted by molar-refractivity contribution is 5.79. The van der Waals surface area contributed by atoms with Crippen LogP contribution in [-0.4, -0.2) is 43.0 Å². The van der Waals surface area contributed by atoms with Crippen molar-refractivity contribution in [2.45, 2.75) is 32.2 Å². The molecule has 0 radical (unpaired) electrons. The molecule has 1 heterocycles. The Morgan fingerprint density at radius 3 is 2.38 bits per heavy atom. The predicted octanol–water partition coefficient (Wildman–Crippen LogP) is 1.08. The maximum atomic E-state index is 11.0. The van der Waals surface area contributed by atoms with E-state index in [0.29, 0.717) is 18.6 Å². The van der Waals surface area contributed by atoms with Gasteiger partial charge in [-0.15, -0.1) is 0 Å². The van der Waals surface area contributed by atoms with Gasteiger partial charge in [0.05, 0.1) is 6.61 Å². The van der Waals surface area contributed by atoms with E-state index in [-0.39, 0.29) is 5.54 Å². The van der Waals surface area contributed by atoms with Gasteiger partial charge in [0.1, 0.15) is 5.78 Å². The summed E-state index contributed by atoms with van der Waals surface area (Å²) in [6.07, 6.45) is 1.40. The van der Waals surface area contributed by atoms with Crippen LogP contribution < -0.4 is 0 Å². The quantitative estimate of drug-likeness (QED) is 0.659. The van der Waals surface area contributed by atoms with Crippen molar-refractivity contribution in [3.63, 3.8) is 0 Å². The van der Waals surface area contributed by atoms with Crippen molar-refractivity contribution in [2.24, 2.45) is 0 Å². The second-order valence-electron chi connectivity index (χ2n) is 4.27. The van der Waals surface area contributed by atoms with Gasteiger partial charge in [-0.25, -0.2) is 0 Å². The molecule has 1 saturated heterocycles. The zero-order valence-corrected chi connectivity index (χ0v) is 8.80. The second-order valence-corrected chi connectivity index (χ2v) is 4.27. The number of carbonyl (C=O) groups is 1. The summed E-state index contributed by atoms with van der Waals surface area (Å²) in [6, 6.07) is 0. The monoisotopic (exact) mass is 185 g/mol. The molecule has 1 aliphatic heterocycles. The zero-order valence-electron chi connectivity index (χ0n) is 8.80. The predicted molar refractivity (Wildman–Crippen MR) is 51.8 cm³/mol. The van der Waals surface area contributed by atoms with E-state index >= 15 is 0 Å². The Morgan fingerprint density at radius 1 is 1.38 bits per heavy atom. The van der Waals surface area contributed by atoms with Crippen LogP contribution in [0.5, 0.6) is 0 Å². The molecule has 0 aromatic heterocycles. The summed E-state index contributed by atoms with van der Waals surface area (Å²) in [4.78, 5) is 13.4. The number of carbonyl (C=O) groups excluding carboxylic acids is 1. The first-order valence-corrected chi connectivity index (χ1v) is 4.82. The van der Waals surface area contributed by atoms with Gasteiger partial charge in [0.25, 0.3) is 0 Å². The van der Waals surface area contributed by atoms with Gasteiger partial charge in [0.15, 0.2) is 0 Å². The summed E-state index contributed by atoms with van der Waals surface area (Å²) >= 11 is 0. The molecule has 0 aromatic carbocycles. The molecule has 76 valence electrons. The SMILES string of the molecule is COCC(C)(C)N1CCC(=O)CC1. The molecule has 0 saturated carbocycles. The van der Waals surface area contributed by atoms with Gasteiger partial charge in [-0.2, -0.15) is 0 Å². The maximum absolute atomic E-state index is 11.0. The lowest BCUT2D eigenvalue weighted by Crippen LogP contribution is -2.50. The van der Waals surface area contributed by atoms with Gasteiger partial charge < -0.3 is 4.74 Å². The van der Waals surface area contributed by atoms with E-state index in [1.54, 1.807) is 7.11 Å². The Kier molecular flexibility index (Phi) is 3.45. The third-order valence-corrected chi connectivity index (χ3v) is 2.67. The largest absolute Gasteiger partial charge is 0.383 e. The minimum atomic E-state index is 0.0649. The van der Waals surface area contributed by atoms with Crippen molar-refractivity contribution in [3.05, 3.63) is 0 Å². The first kappa shape index (κ1) is 10.7. The van der Waals surface area contributed by atoms with Crippen LogP contribution in [0.3, 0.4) is 0 Å². The number of ether oxygens (including phenoxy) is 1. The van der Waals surface area contributed by atoms with Crippen LogP contribution in [0.15, 0.2) is 0 Å². The van der Waals surface area contributed by atoms with E-state index in [9.17, 15) is 4.79 Å². The molecule has 1 rings (SSSR count). The van der Waals surface area contributed by atoms with Gasteiger partial charge in [-0.3, -0.25) is 9.69 Å². The summed E-state index contributed by atoms with van der Waals surface area (Å²) in [5.74, 6) is 0.393. The Bertz CT molecular complexity index is 179. The molecule has 13 heavy (non-hydrogen) atoms. The summed E-state index contributed by atoms with van der Waals surface area (Å²) in [5, 5.41) is 0. The Hall–Kier alpha value is -0.410. The van der Waals surface area contributed by atoms with Gasteiger partial charge in [0, 0.05) is 38.6 Å². The average Bonchev–Trinajstić information content (AvgIpc) is 2.05. The minimum absolute atomic E-state index is 0.0649. The van der Waals surface area contributed by atoms with E-state index in [1.807, 2.05) is 0 Å². The number of likely N-dealkylation sites (tertiary alicyclic amines) is 1. The second kappa shape index (κ2) is 4.20. The van der Waals surface area contributed by atoms with E-state index in [2.05, 4.69) is 18.7 Å².